The molecule has 0 unspecified atom stereocenters. The van der Waals surface area contributed by atoms with E-state index >= 15 is 0 Å². The van der Waals surface area contributed by atoms with E-state index in [1.165, 1.54) is 17.0 Å². The maximum absolute atomic E-state index is 11.5. The summed E-state index contributed by atoms with van der Waals surface area (Å²) in [6.07, 6.45) is 1.22. The zero-order valence-electron chi connectivity index (χ0n) is 11.1. The smallest absolute Gasteiger partial charge is 0.175 e. The molecular formula is C17H14O2S. The molecular weight excluding hydrogens is 268 g/mol. The Morgan fingerprint density at radius 2 is 1.30 bits per heavy atom. The first-order valence-electron chi connectivity index (χ1n) is 6.33. The molecule has 3 heteroatoms. The van der Waals surface area contributed by atoms with Gasteiger partial charge in [0.15, 0.2) is 9.84 Å². The summed E-state index contributed by atoms with van der Waals surface area (Å²) in [5.41, 5.74) is 2.10. The van der Waals surface area contributed by atoms with E-state index in [-0.39, 0.29) is 0 Å². The van der Waals surface area contributed by atoms with Gasteiger partial charge in [0.05, 0.1) is 4.90 Å². The molecule has 0 aliphatic carbocycles. The first-order chi connectivity index (χ1) is 9.54. The van der Waals surface area contributed by atoms with Crippen molar-refractivity contribution in [3.05, 3.63) is 66.7 Å². The van der Waals surface area contributed by atoms with Gasteiger partial charge in [-0.3, -0.25) is 0 Å². The number of hydrogen-bond acceptors (Lipinski definition) is 2. The highest BCUT2D eigenvalue weighted by atomic mass is 32.2. The Kier molecular flexibility index (Phi) is 3.07. The van der Waals surface area contributed by atoms with Crippen LogP contribution in [0.1, 0.15) is 0 Å². The molecule has 3 aromatic rings. The predicted molar refractivity (Wildman–Crippen MR) is 82.5 cm³/mol. The van der Waals surface area contributed by atoms with E-state index in [0.29, 0.717) is 4.90 Å². The van der Waals surface area contributed by atoms with E-state index in [1.807, 2.05) is 24.3 Å². The molecule has 3 rings (SSSR count). The summed E-state index contributed by atoms with van der Waals surface area (Å²) in [4.78, 5) is 0.349. The maximum atomic E-state index is 11.5. The first-order valence-corrected chi connectivity index (χ1v) is 8.22. The van der Waals surface area contributed by atoms with E-state index in [0.717, 1.165) is 11.1 Å². The maximum Gasteiger partial charge on any atom is 0.175 e. The Balaban J connectivity index is 2.07. The van der Waals surface area contributed by atoms with Crippen molar-refractivity contribution in [2.45, 2.75) is 4.90 Å². The largest absolute Gasteiger partial charge is 0.224 e. The SMILES string of the molecule is CS(=O)(=O)c1ccc(-c2ccc3ccccc3c2)cc1. The van der Waals surface area contributed by atoms with Crippen LogP contribution in [0.5, 0.6) is 0 Å². The lowest BCUT2D eigenvalue weighted by atomic mass is 10.0. The van der Waals surface area contributed by atoms with Crippen molar-refractivity contribution in [3.63, 3.8) is 0 Å². The second-order valence-corrected chi connectivity index (χ2v) is 6.87. The normalized spacial score (nSPS) is 11.7. The molecule has 0 heterocycles. The first kappa shape index (κ1) is 12.9. The lowest BCUT2D eigenvalue weighted by Crippen LogP contribution is -1.96. The second kappa shape index (κ2) is 4.76. The molecule has 20 heavy (non-hydrogen) atoms. The van der Waals surface area contributed by atoms with Crippen molar-refractivity contribution in [1.29, 1.82) is 0 Å². The summed E-state index contributed by atoms with van der Waals surface area (Å²) in [6.45, 7) is 0. The van der Waals surface area contributed by atoms with Crippen LogP contribution in [-0.2, 0) is 9.84 Å². The standard InChI is InChI=1S/C17H14O2S/c1-20(18,19)17-10-8-14(9-11-17)16-7-6-13-4-2-3-5-15(13)12-16/h2-12H,1H3. The molecule has 0 aliphatic rings. The van der Waals surface area contributed by atoms with Crippen LogP contribution in [0.3, 0.4) is 0 Å². The molecule has 0 bridgehead atoms. The molecule has 0 radical (unpaired) electrons. The monoisotopic (exact) mass is 282 g/mol. The fourth-order valence-electron chi connectivity index (χ4n) is 2.26. The van der Waals surface area contributed by atoms with Crippen molar-refractivity contribution in [1.82, 2.24) is 0 Å². The number of sulfone groups is 1. The van der Waals surface area contributed by atoms with Crippen LogP contribution in [-0.4, -0.2) is 14.7 Å². The molecule has 0 N–H and O–H groups in total. The minimum atomic E-state index is -3.14. The Hall–Kier alpha value is -2.13. The fraction of sp³-hybridized carbons (Fsp3) is 0.0588. The summed E-state index contributed by atoms with van der Waals surface area (Å²) >= 11 is 0. The molecule has 0 fully saturated rings. The zero-order chi connectivity index (χ0) is 14.2. The highest BCUT2D eigenvalue weighted by Crippen LogP contribution is 2.25. The average molecular weight is 282 g/mol. The van der Waals surface area contributed by atoms with Gasteiger partial charge >= 0.3 is 0 Å². The van der Waals surface area contributed by atoms with Gasteiger partial charge in [-0.1, -0.05) is 48.5 Å². The van der Waals surface area contributed by atoms with Gasteiger partial charge in [0.25, 0.3) is 0 Å². The third-order valence-corrected chi connectivity index (χ3v) is 4.49. The van der Waals surface area contributed by atoms with Crippen molar-refractivity contribution in [2.24, 2.45) is 0 Å². The highest BCUT2D eigenvalue weighted by molar-refractivity contribution is 7.90. The number of benzene rings is 3. The lowest BCUT2D eigenvalue weighted by Gasteiger charge is -2.05. The minimum Gasteiger partial charge on any atom is -0.224 e. The molecule has 0 saturated carbocycles. The average Bonchev–Trinajstić information content (AvgIpc) is 2.46. The van der Waals surface area contributed by atoms with Gasteiger partial charge in [-0.15, -0.1) is 0 Å². The van der Waals surface area contributed by atoms with Gasteiger partial charge in [-0.2, -0.15) is 0 Å². The Morgan fingerprint density at radius 1 is 0.700 bits per heavy atom. The summed E-state index contributed by atoms with van der Waals surface area (Å²) in [5.74, 6) is 0. The molecule has 0 atom stereocenters. The molecule has 0 spiro atoms. The molecule has 0 amide bonds. The quantitative estimate of drug-likeness (QED) is 0.714. The van der Waals surface area contributed by atoms with Gasteiger partial charge in [-0.05, 0) is 40.1 Å². The molecule has 0 aliphatic heterocycles. The number of hydrogen-bond donors (Lipinski definition) is 0. The Morgan fingerprint density at radius 3 is 1.95 bits per heavy atom. The van der Waals surface area contributed by atoms with Crippen molar-refractivity contribution in [3.8, 4) is 11.1 Å². The van der Waals surface area contributed by atoms with Gasteiger partial charge < -0.3 is 0 Å². The van der Waals surface area contributed by atoms with Crippen LogP contribution in [0.15, 0.2) is 71.6 Å². The second-order valence-electron chi connectivity index (χ2n) is 4.86. The van der Waals surface area contributed by atoms with Gasteiger partial charge in [0, 0.05) is 6.26 Å². The highest BCUT2D eigenvalue weighted by Gasteiger charge is 2.07. The lowest BCUT2D eigenvalue weighted by molar-refractivity contribution is 0.602. The summed E-state index contributed by atoms with van der Waals surface area (Å²) < 4.78 is 22.9. The van der Waals surface area contributed by atoms with Gasteiger partial charge in [0.1, 0.15) is 0 Å². The zero-order valence-corrected chi connectivity index (χ0v) is 11.9. The van der Waals surface area contributed by atoms with Crippen molar-refractivity contribution in [2.75, 3.05) is 6.26 Å². The van der Waals surface area contributed by atoms with Crippen LogP contribution < -0.4 is 0 Å². The predicted octanol–water partition coefficient (Wildman–Crippen LogP) is 3.91. The van der Waals surface area contributed by atoms with E-state index in [4.69, 9.17) is 0 Å². The minimum absolute atomic E-state index is 0.349. The van der Waals surface area contributed by atoms with Crippen LogP contribution in [0.25, 0.3) is 21.9 Å². The molecule has 0 aromatic heterocycles. The van der Waals surface area contributed by atoms with E-state index < -0.39 is 9.84 Å². The third-order valence-electron chi connectivity index (χ3n) is 3.37. The van der Waals surface area contributed by atoms with Gasteiger partial charge in [-0.25, -0.2) is 8.42 Å². The van der Waals surface area contributed by atoms with Gasteiger partial charge in [0.2, 0.25) is 0 Å². The van der Waals surface area contributed by atoms with E-state index in [1.54, 1.807) is 12.1 Å². The summed E-state index contributed by atoms with van der Waals surface area (Å²) in [5, 5.41) is 2.38. The molecule has 2 nitrogen and oxygen atoms in total. The molecule has 3 aromatic carbocycles. The van der Waals surface area contributed by atoms with Crippen LogP contribution in [0, 0.1) is 0 Å². The van der Waals surface area contributed by atoms with E-state index in [2.05, 4.69) is 30.3 Å². The molecule has 100 valence electrons. The van der Waals surface area contributed by atoms with Crippen molar-refractivity contribution < 1.29 is 8.42 Å². The van der Waals surface area contributed by atoms with Crippen LogP contribution in [0.2, 0.25) is 0 Å². The topological polar surface area (TPSA) is 34.1 Å². The third kappa shape index (κ3) is 2.45. The summed E-state index contributed by atoms with van der Waals surface area (Å²) in [7, 11) is -3.14. The van der Waals surface area contributed by atoms with Crippen molar-refractivity contribution >= 4 is 20.6 Å². The molecule has 0 saturated heterocycles. The Labute approximate surface area is 118 Å². The number of fused-ring (bicyclic) bond motifs is 1. The van der Waals surface area contributed by atoms with E-state index in [9.17, 15) is 8.42 Å². The fourth-order valence-corrected chi connectivity index (χ4v) is 2.89. The number of rotatable bonds is 2. The summed E-state index contributed by atoms with van der Waals surface area (Å²) in [6, 6.07) is 21.4. The van der Waals surface area contributed by atoms with Crippen LogP contribution >= 0.6 is 0 Å². The van der Waals surface area contributed by atoms with Crippen LogP contribution in [0.4, 0.5) is 0 Å². The Bertz CT molecular complexity index is 863.